The van der Waals surface area contributed by atoms with Crippen LogP contribution in [0.25, 0.3) is 10.9 Å². The number of rotatable bonds is 4. The Hall–Kier alpha value is -2.91. The van der Waals surface area contributed by atoms with Crippen molar-refractivity contribution in [1.29, 1.82) is 0 Å². The van der Waals surface area contributed by atoms with Gasteiger partial charge in [-0.3, -0.25) is 19.9 Å². The Kier molecular flexibility index (Phi) is 5.15. The molecule has 2 heterocycles. The number of nitro groups is 1. The fraction of sp³-hybridized carbons (Fsp3) is 0.412. The van der Waals surface area contributed by atoms with E-state index in [1.807, 2.05) is 10.2 Å². The van der Waals surface area contributed by atoms with Crippen molar-refractivity contribution < 1.29 is 22.9 Å². The summed E-state index contributed by atoms with van der Waals surface area (Å²) in [5.74, 6) is -1.23. The maximum absolute atomic E-state index is 12.3. The number of nitro benzene ring substituents is 1. The maximum atomic E-state index is 12.3. The number of aromatic nitrogens is 1. The Balaban J connectivity index is 1.83. The van der Waals surface area contributed by atoms with Crippen molar-refractivity contribution in [3.8, 4) is 0 Å². The van der Waals surface area contributed by atoms with Gasteiger partial charge in [-0.15, -0.1) is 0 Å². The van der Waals surface area contributed by atoms with Gasteiger partial charge >= 0.3 is 6.18 Å². The summed E-state index contributed by atoms with van der Waals surface area (Å²) in [5.41, 5.74) is 0.992. The van der Waals surface area contributed by atoms with E-state index in [9.17, 15) is 28.1 Å². The second-order valence-corrected chi connectivity index (χ2v) is 6.38. The molecule has 1 atom stereocenters. The first-order chi connectivity index (χ1) is 12.8. The standard InChI is InChI=1S/C17H17F3N4O3/c18-17(19,20)10-22-16(25)11-3-2-8-23(9-11)14-6-5-13(24(26)27)12-4-1-7-21-15(12)14/h1,4-7,11H,2-3,8-10H2,(H,22,25). The minimum absolute atomic E-state index is 0.0710. The molecule has 1 N–H and O–H groups in total. The predicted molar refractivity (Wildman–Crippen MR) is 92.4 cm³/mol. The Morgan fingerprint density at radius 1 is 1.37 bits per heavy atom. The van der Waals surface area contributed by atoms with Gasteiger partial charge in [-0.2, -0.15) is 13.2 Å². The van der Waals surface area contributed by atoms with Gasteiger partial charge in [-0.05, 0) is 31.0 Å². The van der Waals surface area contributed by atoms with E-state index in [4.69, 9.17) is 0 Å². The van der Waals surface area contributed by atoms with E-state index < -0.39 is 29.5 Å². The van der Waals surface area contributed by atoms with Crippen molar-refractivity contribution in [2.45, 2.75) is 19.0 Å². The molecule has 1 aliphatic rings. The number of hydrogen-bond donors (Lipinski definition) is 1. The van der Waals surface area contributed by atoms with Crippen LogP contribution in [0.4, 0.5) is 24.5 Å². The van der Waals surface area contributed by atoms with Crippen LogP contribution < -0.4 is 10.2 Å². The van der Waals surface area contributed by atoms with E-state index in [1.54, 1.807) is 18.2 Å². The van der Waals surface area contributed by atoms with Crippen LogP contribution >= 0.6 is 0 Å². The number of carbonyl (C=O) groups excluding carboxylic acids is 1. The zero-order chi connectivity index (χ0) is 19.6. The predicted octanol–water partition coefficient (Wildman–Crippen LogP) is 3.04. The number of halogens is 3. The molecule has 0 saturated carbocycles. The Labute approximate surface area is 152 Å². The Morgan fingerprint density at radius 2 is 2.15 bits per heavy atom. The quantitative estimate of drug-likeness (QED) is 0.649. The monoisotopic (exact) mass is 382 g/mol. The van der Waals surface area contributed by atoms with Crippen molar-refractivity contribution in [2.75, 3.05) is 24.5 Å². The number of carbonyl (C=O) groups is 1. The number of amides is 1. The van der Waals surface area contributed by atoms with Gasteiger partial charge in [-0.25, -0.2) is 0 Å². The summed E-state index contributed by atoms with van der Waals surface area (Å²) in [6.45, 7) is -0.538. The molecule has 0 spiro atoms. The molecule has 0 radical (unpaired) electrons. The summed E-state index contributed by atoms with van der Waals surface area (Å²) in [7, 11) is 0. The number of pyridine rings is 1. The van der Waals surface area contributed by atoms with Crippen molar-refractivity contribution in [3.63, 3.8) is 0 Å². The first-order valence-electron chi connectivity index (χ1n) is 8.38. The highest BCUT2D eigenvalue weighted by atomic mass is 19.4. The Morgan fingerprint density at radius 3 is 2.85 bits per heavy atom. The normalized spacial score (nSPS) is 17.7. The summed E-state index contributed by atoms with van der Waals surface area (Å²) in [4.78, 5) is 28.9. The van der Waals surface area contributed by atoms with Gasteiger partial charge in [0.15, 0.2) is 0 Å². The zero-order valence-electron chi connectivity index (χ0n) is 14.2. The largest absolute Gasteiger partial charge is 0.405 e. The smallest absolute Gasteiger partial charge is 0.369 e. The van der Waals surface area contributed by atoms with E-state index >= 15 is 0 Å². The van der Waals surface area contributed by atoms with E-state index in [0.717, 1.165) is 0 Å². The average molecular weight is 382 g/mol. The van der Waals surface area contributed by atoms with E-state index in [2.05, 4.69) is 4.98 Å². The van der Waals surface area contributed by atoms with Gasteiger partial charge < -0.3 is 10.2 Å². The third kappa shape index (κ3) is 4.26. The van der Waals surface area contributed by atoms with Crippen LogP contribution in [0.1, 0.15) is 12.8 Å². The topological polar surface area (TPSA) is 88.4 Å². The SMILES string of the molecule is O=C(NCC(F)(F)F)C1CCCN(c2ccc([N+](=O)[O-])c3cccnc23)C1. The summed E-state index contributed by atoms with van der Waals surface area (Å²) >= 11 is 0. The minimum Gasteiger partial charge on any atom is -0.369 e. The first-order valence-corrected chi connectivity index (χ1v) is 8.38. The van der Waals surface area contributed by atoms with Gasteiger partial charge in [0.05, 0.1) is 21.9 Å². The van der Waals surface area contributed by atoms with Gasteiger partial charge in [0.25, 0.3) is 5.69 Å². The van der Waals surface area contributed by atoms with Crippen molar-refractivity contribution in [2.24, 2.45) is 5.92 Å². The minimum atomic E-state index is -4.46. The molecule has 1 aromatic heterocycles. The summed E-state index contributed by atoms with van der Waals surface area (Å²) in [6.07, 6.45) is -1.83. The molecule has 3 rings (SSSR count). The summed E-state index contributed by atoms with van der Waals surface area (Å²) in [5, 5.41) is 13.5. The molecule has 10 heteroatoms. The van der Waals surface area contributed by atoms with Crippen molar-refractivity contribution in [3.05, 3.63) is 40.6 Å². The molecule has 0 bridgehead atoms. The Bertz CT molecular complexity index is 872. The number of anilines is 1. The average Bonchev–Trinajstić information content (AvgIpc) is 2.64. The number of hydrogen-bond acceptors (Lipinski definition) is 5. The van der Waals surface area contributed by atoms with Crippen LogP contribution in [-0.2, 0) is 4.79 Å². The summed E-state index contributed by atoms with van der Waals surface area (Å²) < 4.78 is 36.9. The molecule has 1 unspecified atom stereocenters. The molecule has 1 amide bonds. The molecule has 1 aliphatic heterocycles. The molecule has 1 saturated heterocycles. The third-order valence-electron chi connectivity index (χ3n) is 4.52. The van der Waals surface area contributed by atoms with Gasteiger partial charge in [0.2, 0.25) is 5.91 Å². The van der Waals surface area contributed by atoms with Gasteiger partial charge in [-0.1, -0.05) is 0 Å². The molecular weight excluding hydrogens is 365 g/mol. The second kappa shape index (κ2) is 7.37. The number of alkyl halides is 3. The molecule has 1 aromatic carbocycles. The van der Waals surface area contributed by atoms with Gasteiger partial charge in [0, 0.05) is 25.4 Å². The number of piperidine rings is 1. The lowest BCUT2D eigenvalue weighted by Crippen LogP contribution is -2.45. The number of non-ortho nitro benzene ring substituents is 1. The van der Waals surface area contributed by atoms with Crippen molar-refractivity contribution >= 4 is 28.2 Å². The molecule has 1 fully saturated rings. The second-order valence-electron chi connectivity index (χ2n) is 6.38. The van der Waals surface area contributed by atoms with E-state index in [-0.39, 0.29) is 12.2 Å². The van der Waals surface area contributed by atoms with Crippen LogP contribution in [0.2, 0.25) is 0 Å². The van der Waals surface area contributed by atoms with E-state index in [1.165, 1.54) is 12.3 Å². The van der Waals surface area contributed by atoms with Crippen LogP contribution in [0.15, 0.2) is 30.5 Å². The highest BCUT2D eigenvalue weighted by molar-refractivity contribution is 5.97. The fourth-order valence-electron chi connectivity index (χ4n) is 3.30. The molecule has 27 heavy (non-hydrogen) atoms. The fourth-order valence-corrected chi connectivity index (χ4v) is 3.30. The highest BCUT2D eigenvalue weighted by Crippen LogP contribution is 2.34. The molecular formula is C17H17F3N4O3. The van der Waals surface area contributed by atoms with Crippen LogP contribution in [0.3, 0.4) is 0 Å². The lowest BCUT2D eigenvalue weighted by atomic mass is 9.96. The lowest BCUT2D eigenvalue weighted by molar-refractivity contribution is -0.383. The number of benzene rings is 1. The maximum Gasteiger partial charge on any atom is 0.405 e. The van der Waals surface area contributed by atoms with Crippen molar-refractivity contribution in [1.82, 2.24) is 10.3 Å². The molecule has 2 aromatic rings. The number of fused-ring (bicyclic) bond motifs is 1. The zero-order valence-corrected chi connectivity index (χ0v) is 14.2. The number of nitrogens with one attached hydrogen (secondary N) is 1. The molecule has 0 aliphatic carbocycles. The third-order valence-corrected chi connectivity index (χ3v) is 4.52. The molecule has 144 valence electrons. The van der Waals surface area contributed by atoms with Gasteiger partial charge in [0.1, 0.15) is 12.1 Å². The highest BCUT2D eigenvalue weighted by Gasteiger charge is 2.32. The van der Waals surface area contributed by atoms with Crippen LogP contribution in [0, 0.1) is 16.0 Å². The molecule has 7 nitrogen and oxygen atoms in total. The first kappa shape index (κ1) is 18.9. The van der Waals surface area contributed by atoms with Crippen LogP contribution in [0.5, 0.6) is 0 Å². The summed E-state index contributed by atoms with van der Waals surface area (Å²) in [6, 6.07) is 6.15. The van der Waals surface area contributed by atoms with E-state index in [0.29, 0.717) is 36.0 Å². The van der Waals surface area contributed by atoms with Crippen LogP contribution in [-0.4, -0.2) is 41.6 Å². The number of nitrogens with zero attached hydrogens (tertiary/aromatic N) is 3. The lowest BCUT2D eigenvalue weighted by Gasteiger charge is -2.34.